The summed E-state index contributed by atoms with van der Waals surface area (Å²) in [7, 11) is 0. The largest absolute Gasteiger partial charge is 0.480 e. The van der Waals surface area contributed by atoms with Crippen LogP contribution >= 0.6 is 0 Å². The van der Waals surface area contributed by atoms with E-state index in [0.717, 1.165) is 29.5 Å². The van der Waals surface area contributed by atoms with E-state index >= 15 is 0 Å². The number of hydrogen-bond donors (Lipinski definition) is 1. The molecule has 172 valence electrons. The van der Waals surface area contributed by atoms with Gasteiger partial charge in [-0.05, 0) is 49.9 Å². The molecular weight excluding hydrogens is 420 g/mol. The number of carbonyl (C=O) groups is 2. The molecule has 1 atom stereocenters. The zero-order valence-corrected chi connectivity index (χ0v) is 18.9. The Morgan fingerprint density at radius 2 is 1.97 bits per heavy atom. The normalized spacial score (nSPS) is 14.5. The first-order valence-corrected chi connectivity index (χ1v) is 11.3. The van der Waals surface area contributed by atoms with E-state index in [1.165, 1.54) is 6.07 Å². The number of amides is 2. The van der Waals surface area contributed by atoms with Crippen molar-refractivity contribution in [3.63, 3.8) is 0 Å². The fraction of sp³-hybridized carbons (Fsp3) is 0.346. The Balaban J connectivity index is 1.44. The summed E-state index contributed by atoms with van der Waals surface area (Å²) in [5, 5.41) is 3.67. The number of carbonyl (C=O) groups excluding carboxylic acids is 2. The van der Waals surface area contributed by atoms with Gasteiger partial charge >= 0.3 is 5.63 Å². The Labute approximate surface area is 192 Å². The highest BCUT2D eigenvalue weighted by Crippen LogP contribution is 2.33. The molecular formula is C26H28N2O5. The third-order valence-electron chi connectivity index (χ3n) is 5.94. The molecule has 1 aliphatic heterocycles. The van der Waals surface area contributed by atoms with Crippen molar-refractivity contribution in [1.29, 1.82) is 0 Å². The van der Waals surface area contributed by atoms with Crippen molar-refractivity contribution in [3.05, 3.63) is 64.5 Å². The summed E-state index contributed by atoms with van der Waals surface area (Å²) in [5.41, 5.74) is 2.38. The number of likely N-dealkylation sites (tertiary alicyclic amines) is 1. The van der Waals surface area contributed by atoms with Crippen LogP contribution in [-0.2, 0) is 9.59 Å². The molecule has 2 heterocycles. The van der Waals surface area contributed by atoms with Crippen LogP contribution in [0, 0.1) is 6.92 Å². The molecule has 2 amide bonds. The number of nitrogens with one attached hydrogen (secondary N) is 1. The third kappa shape index (κ3) is 5.08. The van der Waals surface area contributed by atoms with Crippen LogP contribution in [0.4, 0.5) is 0 Å². The van der Waals surface area contributed by atoms with Gasteiger partial charge in [-0.25, -0.2) is 4.79 Å². The number of rotatable bonds is 8. The van der Waals surface area contributed by atoms with Crippen LogP contribution in [-0.4, -0.2) is 42.5 Å². The highest BCUT2D eigenvalue weighted by atomic mass is 16.5. The Bertz CT molecular complexity index is 1220. The van der Waals surface area contributed by atoms with Gasteiger partial charge < -0.3 is 19.4 Å². The molecule has 0 saturated carbocycles. The van der Waals surface area contributed by atoms with Crippen LogP contribution in [0.2, 0.25) is 0 Å². The fourth-order valence-electron chi connectivity index (χ4n) is 4.14. The average molecular weight is 449 g/mol. The van der Waals surface area contributed by atoms with Crippen LogP contribution in [0.25, 0.3) is 22.1 Å². The minimum Gasteiger partial charge on any atom is -0.480 e. The number of ether oxygens (including phenoxy) is 1. The molecule has 1 saturated heterocycles. The Hall–Kier alpha value is -3.61. The first kappa shape index (κ1) is 22.6. The van der Waals surface area contributed by atoms with Gasteiger partial charge in [0.25, 0.3) is 5.91 Å². The van der Waals surface area contributed by atoms with Gasteiger partial charge in [-0.3, -0.25) is 9.59 Å². The van der Waals surface area contributed by atoms with Crippen molar-refractivity contribution in [2.75, 3.05) is 19.6 Å². The van der Waals surface area contributed by atoms with Crippen LogP contribution in [0.15, 0.2) is 57.7 Å². The summed E-state index contributed by atoms with van der Waals surface area (Å²) in [6.07, 6.45) is 1.51. The minimum atomic E-state index is -0.724. The lowest BCUT2D eigenvalue weighted by Gasteiger charge is -2.18. The van der Waals surface area contributed by atoms with Gasteiger partial charge in [0.05, 0.1) is 0 Å². The second-order valence-electron chi connectivity index (χ2n) is 8.30. The topological polar surface area (TPSA) is 88.9 Å². The zero-order valence-electron chi connectivity index (χ0n) is 18.9. The second-order valence-corrected chi connectivity index (χ2v) is 8.30. The van der Waals surface area contributed by atoms with Gasteiger partial charge in [0.1, 0.15) is 11.3 Å². The first-order valence-electron chi connectivity index (χ1n) is 11.3. The Kier molecular flexibility index (Phi) is 6.77. The number of benzene rings is 2. The summed E-state index contributed by atoms with van der Waals surface area (Å²) in [6, 6.07) is 14.8. The number of fused-ring (bicyclic) bond motifs is 1. The van der Waals surface area contributed by atoms with Gasteiger partial charge in [-0.1, -0.05) is 30.3 Å². The van der Waals surface area contributed by atoms with Crippen molar-refractivity contribution in [3.8, 4) is 16.9 Å². The van der Waals surface area contributed by atoms with Crippen LogP contribution in [0.1, 0.15) is 31.7 Å². The van der Waals surface area contributed by atoms with Crippen molar-refractivity contribution in [2.45, 2.75) is 39.2 Å². The van der Waals surface area contributed by atoms with Gasteiger partial charge in [-0.2, -0.15) is 0 Å². The molecule has 33 heavy (non-hydrogen) atoms. The SMILES string of the molecule is Cc1c(OC(C)C(=O)NCCCN2CCCC2=O)ccc2c(-c3ccccc3)cc(=O)oc12. The predicted octanol–water partition coefficient (Wildman–Crippen LogP) is 3.66. The molecule has 0 radical (unpaired) electrons. The monoisotopic (exact) mass is 448 g/mol. The van der Waals surface area contributed by atoms with Gasteiger partial charge in [0.15, 0.2) is 6.10 Å². The van der Waals surface area contributed by atoms with E-state index < -0.39 is 11.7 Å². The molecule has 1 unspecified atom stereocenters. The molecule has 7 heteroatoms. The molecule has 4 rings (SSSR count). The van der Waals surface area contributed by atoms with Crippen LogP contribution in [0.5, 0.6) is 5.75 Å². The van der Waals surface area contributed by atoms with Crippen molar-refractivity contribution < 1.29 is 18.7 Å². The maximum Gasteiger partial charge on any atom is 0.336 e. The molecule has 2 aromatic carbocycles. The van der Waals surface area contributed by atoms with Crippen LogP contribution in [0.3, 0.4) is 0 Å². The lowest BCUT2D eigenvalue weighted by Crippen LogP contribution is -2.38. The maximum absolute atomic E-state index is 12.5. The van der Waals surface area contributed by atoms with Crippen LogP contribution < -0.4 is 15.7 Å². The lowest BCUT2D eigenvalue weighted by molar-refractivity contribution is -0.127. The summed E-state index contributed by atoms with van der Waals surface area (Å²) in [5.74, 6) is 0.440. The van der Waals surface area contributed by atoms with E-state index in [9.17, 15) is 14.4 Å². The summed E-state index contributed by atoms with van der Waals surface area (Å²) in [4.78, 5) is 38.2. The average Bonchev–Trinajstić information content (AvgIpc) is 3.23. The molecule has 0 aliphatic carbocycles. The van der Waals surface area contributed by atoms with E-state index in [2.05, 4.69) is 5.32 Å². The lowest BCUT2D eigenvalue weighted by atomic mass is 10.00. The molecule has 1 aromatic heterocycles. The smallest absolute Gasteiger partial charge is 0.336 e. The van der Waals surface area contributed by atoms with E-state index in [-0.39, 0.29) is 11.8 Å². The predicted molar refractivity (Wildman–Crippen MR) is 126 cm³/mol. The second kappa shape index (κ2) is 9.90. The number of nitrogens with zero attached hydrogens (tertiary/aromatic N) is 1. The van der Waals surface area contributed by atoms with E-state index in [1.54, 1.807) is 13.0 Å². The maximum atomic E-state index is 12.5. The standard InChI is InChI=1S/C26H28N2O5/c1-17-22(32-18(2)26(31)27-13-7-15-28-14-6-10-23(28)29)12-11-20-21(16-24(30)33-25(17)20)19-8-4-3-5-9-19/h3-5,8-9,11-12,16,18H,6-7,10,13-15H2,1-2H3,(H,27,31). The molecule has 0 bridgehead atoms. The van der Waals surface area contributed by atoms with Gasteiger partial charge in [0.2, 0.25) is 5.91 Å². The summed E-state index contributed by atoms with van der Waals surface area (Å²) >= 11 is 0. The molecule has 0 spiro atoms. The van der Waals surface area contributed by atoms with E-state index in [1.807, 2.05) is 48.2 Å². The minimum absolute atomic E-state index is 0.187. The summed E-state index contributed by atoms with van der Waals surface area (Å²) < 4.78 is 11.4. The third-order valence-corrected chi connectivity index (χ3v) is 5.94. The number of aryl methyl sites for hydroxylation is 1. The van der Waals surface area contributed by atoms with E-state index in [4.69, 9.17) is 9.15 Å². The Morgan fingerprint density at radius 3 is 2.70 bits per heavy atom. The number of hydrogen-bond acceptors (Lipinski definition) is 5. The molecule has 1 N–H and O–H groups in total. The Morgan fingerprint density at radius 1 is 1.18 bits per heavy atom. The van der Waals surface area contributed by atoms with E-state index in [0.29, 0.717) is 42.8 Å². The molecule has 1 fully saturated rings. The quantitative estimate of drug-likeness (QED) is 0.420. The van der Waals surface area contributed by atoms with Gasteiger partial charge in [0, 0.05) is 43.1 Å². The fourth-order valence-corrected chi connectivity index (χ4v) is 4.14. The molecule has 1 aliphatic rings. The van der Waals surface area contributed by atoms with Gasteiger partial charge in [-0.15, -0.1) is 0 Å². The van der Waals surface area contributed by atoms with Crippen molar-refractivity contribution >= 4 is 22.8 Å². The zero-order chi connectivity index (χ0) is 23.4. The highest BCUT2D eigenvalue weighted by Gasteiger charge is 2.20. The molecule has 7 nitrogen and oxygen atoms in total. The van der Waals surface area contributed by atoms with Crippen molar-refractivity contribution in [2.24, 2.45) is 0 Å². The van der Waals surface area contributed by atoms with Crippen molar-refractivity contribution in [1.82, 2.24) is 10.2 Å². The highest BCUT2D eigenvalue weighted by molar-refractivity contribution is 5.95. The first-order chi connectivity index (χ1) is 15.9. The summed E-state index contributed by atoms with van der Waals surface area (Å²) in [6.45, 7) is 5.42. The molecule has 3 aromatic rings.